The van der Waals surface area contributed by atoms with Crippen LogP contribution in [0.5, 0.6) is 11.5 Å². The Morgan fingerprint density at radius 3 is 2.69 bits per heavy atom. The summed E-state index contributed by atoms with van der Waals surface area (Å²) in [5.41, 5.74) is 0.766. The van der Waals surface area contributed by atoms with Gasteiger partial charge in [0.25, 0.3) is 5.56 Å². The summed E-state index contributed by atoms with van der Waals surface area (Å²) in [7, 11) is 3.03. The van der Waals surface area contributed by atoms with Gasteiger partial charge in [-0.2, -0.15) is 0 Å². The summed E-state index contributed by atoms with van der Waals surface area (Å²) in [6.45, 7) is 2.44. The van der Waals surface area contributed by atoms with Crippen molar-refractivity contribution >= 4 is 17.1 Å². The van der Waals surface area contributed by atoms with Crippen LogP contribution in [-0.4, -0.2) is 51.1 Å². The van der Waals surface area contributed by atoms with Crippen LogP contribution in [0.1, 0.15) is 31.2 Å². The molecule has 11 heteroatoms. The highest BCUT2D eigenvalue weighted by molar-refractivity contribution is 5.76. The smallest absolute Gasteiger partial charge is 0.332 e. The lowest BCUT2D eigenvalue weighted by Gasteiger charge is -2.38. The Kier molecular flexibility index (Phi) is 6.10. The number of benzene rings is 1. The molecule has 1 aromatic carbocycles. The van der Waals surface area contributed by atoms with Gasteiger partial charge < -0.3 is 24.1 Å². The minimum atomic E-state index is -0.420. The van der Waals surface area contributed by atoms with E-state index in [1.165, 1.54) is 11.6 Å². The standard InChI is InChI=1S/C24H29N5O6/c1-27-21-20(22(31)28(2)23(27)32)29(14-26-21)9-3-4-19(30)25-13-24(7-10-33-11-8-24)16-5-6-17-18(12-16)35-15-34-17/h5-6,12,14H,3-4,7-11,13,15H2,1-2H3,(H,25,30). The SMILES string of the molecule is Cn1c(=O)c2c(ncn2CCCC(=O)NCC2(c3ccc4c(c3)OCO4)CCOCC2)n(C)c1=O. The van der Waals surface area contributed by atoms with Crippen molar-refractivity contribution < 1.29 is 19.0 Å². The molecular weight excluding hydrogens is 454 g/mol. The molecule has 3 aromatic rings. The number of hydrogen-bond donors (Lipinski definition) is 1. The molecule has 0 saturated carbocycles. The zero-order valence-corrected chi connectivity index (χ0v) is 19.9. The van der Waals surface area contributed by atoms with E-state index >= 15 is 0 Å². The fourth-order valence-corrected chi connectivity index (χ4v) is 4.89. The Balaban J connectivity index is 1.23. The Labute approximate surface area is 201 Å². The van der Waals surface area contributed by atoms with Gasteiger partial charge in [0.15, 0.2) is 22.7 Å². The van der Waals surface area contributed by atoms with Crippen LogP contribution in [-0.2, 0) is 35.6 Å². The summed E-state index contributed by atoms with van der Waals surface area (Å²) in [6, 6.07) is 5.98. The molecule has 0 radical (unpaired) electrons. The van der Waals surface area contributed by atoms with Crippen LogP contribution < -0.4 is 26.0 Å². The molecule has 0 spiro atoms. The lowest BCUT2D eigenvalue weighted by molar-refractivity contribution is -0.121. The third-order valence-electron chi connectivity index (χ3n) is 7.08. The fraction of sp³-hybridized carbons (Fsp3) is 0.500. The molecule has 0 bridgehead atoms. The van der Waals surface area contributed by atoms with Crippen LogP contribution in [0.25, 0.3) is 11.2 Å². The number of rotatable bonds is 7. The van der Waals surface area contributed by atoms with E-state index in [2.05, 4.69) is 10.3 Å². The topological polar surface area (TPSA) is 119 Å². The lowest BCUT2D eigenvalue weighted by Crippen LogP contribution is -2.44. The van der Waals surface area contributed by atoms with Crippen molar-refractivity contribution in [1.29, 1.82) is 0 Å². The highest BCUT2D eigenvalue weighted by Crippen LogP contribution is 2.40. The van der Waals surface area contributed by atoms with Crippen LogP contribution in [0.4, 0.5) is 0 Å². The van der Waals surface area contributed by atoms with Gasteiger partial charge in [0, 0.05) is 52.2 Å². The summed E-state index contributed by atoms with van der Waals surface area (Å²) in [5, 5.41) is 3.11. The fourth-order valence-electron chi connectivity index (χ4n) is 4.89. The van der Waals surface area contributed by atoms with E-state index in [0.717, 1.165) is 34.5 Å². The van der Waals surface area contributed by atoms with Crippen LogP contribution in [0, 0.1) is 0 Å². The number of hydrogen-bond acceptors (Lipinski definition) is 7. The zero-order chi connectivity index (χ0) is 24.6. The summed E-state index contributed by atoms with van der Waals surface area (Å²) in [4.78, 5) is 41.6. The van der Waals surface area contributed by atoms with Gasteiger partial charge in [-0.3, -0.25) is 18.7 Å². The molecule has 1 amide bonds. The predicted octanol–water partition coefficient (Wildman–Crippen LogP) is 0.807. The van der Waals surface area contributed by atoms with Crippen LogP contribution in [0.3, 0.4) is 0 Å². The zero-order valence-electron chi connectivity index (χ0n) is 19.9. The van der Waals surface area contributed by atoms with Gasteiger partial charge in [0.1, 0.15) is 0 Å². The van der Waals surface area contributed by atoms with E-state index in [1.807, 2.05) is 18.2 Å². The quantitative estimate of drug-likeness (QED) is 0.528. The average molecular weight is 484 g/mol. The average Bonchev–Trinajstić information content (AvgIpc) is 3.52. The summed E-state index contributed by atoms with van der Waals surface area (Å²) < 4.78 is 20.7. The number of aromatic nitrogens is 4. The molecular formula is C24H29N5O6. The van der Waals surface area contributed by atoms with Gasteiger partial charge in [-0.1, -0.05) is 6.07 Å². The molecule has 2 aromatic heterocycles. The van der Waals surface area contributed by atoms with E-state index in [0.29, 0.717) is 50.3 Å². The Morgan fingerprint density at radius 2 is 1.89 bits per heavy atom. The number of nitrogens with zero attached hydrogens (tertiary/aromatic N) is 4. The molecule has 186 valence electrons. The molecule has 0 aliphatic carbocycles. The highest BCUT2D eigenvalue weighted by atomic mass is 16.7. The lowest BCUT2D eigenvalue weighted by atomic mass is 9.74. The summed E-state index contributed by atoms with van der Waals surface area (Å²) in [6.07, 6.45) is 3.98. The first-order valence-corrected chi connectivity index (χ1v) is 11.7. The molecule has 1 saturated heterocycles. The summed E-state index contributed by atoms with van der Waals surface area (Å²) >= 11 is 0. The van der Waals surface area contributed by atoms with Crippen molar-refractivity contribution in [2.75, 3.05) is 26.6 Å². The molecule has 0 atom stereocenters. The van der Waals surface area contributed by atoms with Gasteiger partial charge in [-0.05, 0) is 37.0 Å². The molecule has 5 rings (SSSR count). The monoisotopic (exact) mass is 483 g/mol. The van der Waals surface area contributed by atoms with Gasteiger partial charge in [0.2, 0.25) is 12.7 Å². The van der Waals surface area contributed by atoms with Crippen molar-refractivity contribution in [1.82, 2.24) is 24.0 Å². The number of ether oxygens (including phenoxy) is 3. The van der Waals surface area contributed by atoms with Gasteiger partial charge >= 0.3 is 5.69 Å². The second-order valence-corrected chi connectivity index (χ2v) is 9.16. The second kappa shape index (κ2) is 9.21. The van der Waals surface area contributed by atoms with Gasteiger partial charge in [0.05, 0.1) is 6.33 Å². The van der Waals surface area contributed by atoms with Crippen molar-refractivity contribution in [3.63, 3.8) is 0 Å². The number of amides is 1. The van der Waals surface area contributed by atoms with Crippen LogP contribution in [0.2, 0.25) is 0 Å². The molecule has 11 nitrogen and oxygen atoms in total. The highest BCUT2D eigenvalue weighted by Gasteiger charge is 2.36. The first kappa shape index (κ1) is 23.2. The first-order chi connectivity index (χ1) is 16.9. The largest absolute Gasteiger partial charge is 0.454 e. The number of imidazole rings is 1. The van der Waals surface area contributed by atoms with E-state index in [4.69, 9.17) is 14.2 Å². The van der Waals surface area contributed by atoms with E-state index in [1.54, 1.807) is 17.9 Å². The molecule has 2 aliphatic rings. The first-order valence-electron chi connectivity index (χ1n) is 11.7. The molecule has 35 heavy (non-hydrogen) atoms. The Hall–Kier alpha value is -3.60. The number of aryl methyl sites for hydroxylation is 2. The minimum Gasteiger partial charge on any atom is -0.454 e. The van der Waals surface area contributed by atoms with Gasteiger partial charge in [-0.25, -0.2) is 9.78 Å². The molecule has 1 fully saturated rings. The number of nitrogens with one attached hydrogen (secondary N) is 1. The van der Waals surface area contributed by atoms with Crippen LogP contribution >= 0.6 is 0 Å². The maximum Gasteiger partial charge on any atom is 0.332 e. The third kappa shape index (κ3) is 4.20. The maximum atomic E-state index is 12.7. The van der Waals surface area contributed by atoms with Crippen molar-refractivity contribution in [2.45, 2.75) is 37.6 Å². The Bertz CT molecular complexity index is 1380. The number of carbonyl (C=O) groups is 1. The molecule has 0 unspecified atom stereocenters. The van der Waals surface area contributed by atoms with Crippen molar-refractivity contribution in [2.24, 2.45) is 14.1 Å². The van der Waals surface area contributed by atoms with Gasteiger partial charge in [-0.15, -0.1) is 0 Å². The summed E-state index contributed by atoms with van der Waals surface area (Å²) in [5.74, 6) is 1.42. The second-order valence-electron chi connectivity index (χ2n) is 9.16. The third-order valence-corrected chi connectivity index (χ3v) is 7.08. The molecule has 1 N–H and O–H groups in total. The van der Waals surface area contributed by atoms with Crippen molar-refractivity contribution in [3.05, 3.63) is 50.9 Å². The van der Waals surface area contributed by atoms with Crippen molar-refractivity contribution in [3.8, 4) is 11.5 Å². The van der Waals surface area contributed by atoms with E-state index in [9.17, 15) is 14.4 Å². The predicted molar refractivity (Wildman–Crippen MR) is 127 cm³/mol. The molecule has 4 heterocycles. The number of carbonyl (C=O) groups excluding carboxylic acids is 1. The van der Waals surface area contributed by atoms with Crippen LogP contribution in [0.15, 0.2) is 34.1 Å². The number of fused-ring (bicyclic) bond motifs is 2. The Morgan fingerprint density at radius 1 is 1.11 bits per heavy atom. The molecule has 2 aliphatic heterocycles. The van der Waals surface area contributed by atoms with E-state index < -0.39 is 11.2 Å². The minimum absolute atomic E-state index is 0.0543. The maximum absolute atomic E-state index is 12.7. The normalized spacial score (nSPS) is 16.5. The van der Waals surface area contributed by atoms with E-state index in [-0.39, 0.29) is 18.1 Å².